The third kappa shape index (κ3) is 5.79. The molecule has 0 atom stereocenters. The van der Waals surface area contributed by atoms with Gasteiger partial charge < -0.3 is 0 Å². The molecule has 0 bridgehead atoms. The zero-order valence-corrected chi connectivity index (χ0v) is 33.0. The number of nitrogens with zero attached hydrogens (tertiary/aromatic N) is 2. The van der Waals surface area contributed by atoms with Gasteiger partial charge >= 0.3 is 0 Å². The van der Waals surface area contributed by atoms with E-state index in [-0.39, 0.29) is 5.41 Å². The topological polar surface area (TPSA) is 25.8 Å². The van der Waals surface area contributed by atoms with Crippen molar-refractivity contribution in [2.45, 2.75) is 19.3 Å². The van der Waals surface area contributed by atoms with Crippen molar-refractivity contribution < 1.29 is 0 Å². The molecule has 1 aromatic heterocycles. The van der Waals surface area contributed by atoms with E-state index in [1.54, 1.807) is 0 Å². The Morgan fingerprint density at radius 2 is 0.881 bits per heavy atom. The van der Waals surface area contributed by atoms with Gasteiger partial charge in [-0.25, -0.2) is 9.97 Å². The molecule has 1 aliphatic carbocycles. The van der Waals surface area contributed by atoms with Crippen LogP contribution in [0.15, 0.2) is 206 Å². The van der Waals surface area contributed by atoms with Crippen LogP contribution < -0.4 is 0 Å². The van der Waals surface area contributed by atoms with E-state index in [0.717, 1.165) is 44.6 Å². The maximum Gasteiger partial charge on any atom is 0.160 e. The Morgan fingerprint density at radius 1 is 0.322 bits per heavy atom. The first-order valence-electron chi connectivity index (χ1n) is 20.4. The summed E-state index contributed by atoms with van der Waals surface area (Å²) in [6.45, 7) is 4.74. The lowest BCUT2D eigenvalue weighted by Crippen LogP contribution is -2.14. The van der Waals surface area contributed by atoms with Gasteiger partial charge in [0.15, 0.2) is 5.82 Å². The second-order valence-corrected chi connectivity index (χ2v) is 16.1. The number of hydrogen-bond acceptors (Lipinski definition) is 2. The molecule has 0 N–H and O–H groups in total. The summed E-state index contributed by atoms with van der Waals surface area (Å²) in [4.78, 5) is 10.7. The molecule has 278 valence electrons. The van der Waals surface area contributed by atoms with E-state index < -0.39 is 0 Å². The van der Waals surface area contributed by atoms with Gasteiger partial charge in [-0.3, -0.25) is 0 Å². The summed E-state index contributed by atoms with van der Waals surface area (Å²) in [5, 5.41) is 4.93. The maximum absolute atomic E-state index is 5.35. The summed E-state index contributed by atoms with van der Waals surface area (Å²) in [7, 11) is 0. The standard InChI is InChI=1S/C57H40N2/c1-57(2)50-28-16-27-48(55(50)54-42-24-13-12-21-39(42)30-34-51(54)57)45-32-33-46(44-26-15-14-25-43(44)45)52-36-53(59-56(58-52)40-22-10-5-11-23-40)47-31-29-41(37-17-6-3-7-18-37)35-49(47)38-19-8-4-9-20-38/h3-36H,1-2H3. The fourth-order valence-electron chi connectivity index (χ4n) is 9.40. The van der Waals surface area contributed by atoms with Crippen molar-refractivity contribution in [2.75, 3.05) is 0 Å². The molecule has 59 heavy (non-hydrogen) atoms. The highest BCUT2D eigenvalue weighted by Gasteiger charge is 2.38. The van der Waals surface area contributed by atoms with Gasteiger partial charge in [-0.2, -0.15) is 0 Å². The van der Waals surface area contributed by atoms with Crippen molar-refractivity contribution in [3.63, 3.8) is 0 Å². The fourth-order valence-corrected chi connectivity index (χ4v) is 9.40. The largest absolute Gasteiger partial charge is 0.228 e. The van der Waals surface area contributed by atoms with Gasteiger partial charge in [0.25, 0.3) is 0 Å². The lowest BCUT2D eigenvalue weighted by atomic mass is 9.81. The number of rotatable bonds is 6. The molecule has 11 rings (SSSR count). The molecule has 0 aliphatic heterocycles. The van der Waals surface area contributed by atoms with Crippen LogP contribution in [0.4, 0.5) is 0 Å². The molecule has 0 spiro atoms. The molecular weight excluding hydrogens is 713 g/mol. The Morgan fingerprint density at radius 3 is 1.61 bits per heavy atom. The van der Waals surface area contributed by atoms with E-state index in [4.69, 9.17) is 9.97 Å². The second kappa shape index (κ2) is 13.9. The molecule has 2 heteroatoms. The quantitative estimate of drug-likeness (QED) is 0.169. The molecule has 1 aliphatic rings. The Balaban J connectivity index is 1.13. The summed E-state index contributed by atoms with van der Waals surface area (Å²) in [5.74, 6) is 0.698. The summed E-state index contributed by atoms with van der Waals surface area (Å²) < 4.78 is 0. The fraction of sp³-hybridized carbons (Fsp3) is 0.0526. The van der Waals surface area contributed by atoms with Gasteiger partial charge in [-0.1, -0.05) is 208 Å². The monoisotopic (exact) mass is 752 g/mol. The lowest BCUT2D eigenvalue weighted by molar-refractivity contribution is 0.661. The van der Waals surface area contributed by atoms with Crippen LogP contribution in [0, 0.1) is 0 Å². The Labute approximate surface area is 345 Å². The Bertz CT molecular complexity index is 3220. The first-order valence-corrected chi connectivity index (χ1v) is 20.4. The highest BCUT2D eigenvalue weighted by atomic mass is 14.9. The molecule has 0 radical (unpaired) electrons. The molecule has 9 aromatic carbocycles. The van der Waals surface area contributed by atoms with E-state index in [1.807, 2.05) is 6.07 Å². The van der Waals surface area contributed by atoms with E-state index >= 15 is 0 Å². The summed E-state index contributed by atoms with van der Waals surface area (Å²) in [6, 6.07) is 74.2. The van der Waals surface area contributed by atoms with Crippen molar-refractivity contribution in [3.8, 4) is 78.4 Å². The van der Waals surface area contributed by atoms with E-state index in [2.05, 4.69) is 214 Å². The molecule has 0 saturated heterocycles. The van der Waals surface area contributed by atoms with E-state index in [1.165, 1.54) is 60.7 Å². The molecule has 0 saturated carbocycles. The van der Waals surface area contributed by atoms with Crippen LogP contribution in [0.5, 0.6) is 0 Å². The highest BCUT2D eigenvalue weighted by Crippen LogP contribution is 2.55. The molecule has 0 unspecified atom stereocenters. The molecule has 1 heterocycles. The normalized spacial score (nSPS) is 12.7. The minimum Gasteiger partial charge on any atom is -0.228 e. The molecule has 2 nitrogen and oxygen atoms in total. The minimum absolute atomic E-state index is 0.121. The van der Waals surface area contributed by atoms with Crippen LogP contribution in [0.3, 0.4) is 0 Å². The average molecular weight is 753 g/mol. The van der Waals surface area contributed by atoms with Gasteiger partial charge in [0.05, 0.1) is 11.4 Å². The Hall–Kier alpha value is -7.42. The van der Waals surface area contributed by atoms with Crippen LogP contribution in [-0.2, 0) is 5.41 Å². The number of fused-ring (bicyclic) bond motifs is 6. The van der Waals surface area contributed by atoms with Gasteiger partial charge in [0.1, 0.15) is 0 Å². The minimum atomic E-state index is -0.121. The van der Waals surface area contributed by atoms with Gasteiger partial charge in [-0.05, 0) is 89.3 Å². The van der Waals surface area contributed by atoms with Crippen LogP contribution >= 0.6 is 0 Å². The van der Waals surface area contributed by atoms with Crippen molar-refractivity contribution in [1.29, 1.82) is 0 Å². The van der Waals surface area contributed by atoms with Gasteiger partial charge in [-0.15, -0.1) is 0 Å². The van der Waals surface area contributed by atoms with Crippen molar-refractivity contribution in [2.24, 2.45) is 0 Å². The first kappa shape index (κ1) is 34.8. The maximum atomic E-state index is 5.35. The summed E-state index contributed by atoms with van der Waals surface area (Å²) >= 11 is 0. The SMILES string of the molecule is CC1(C)c2cccc(-c3ccc(-c4cc(-c5ccc(-c6ccccc6)cc5-c5ccccc5)nc(-c5ccccc5)n4)c4ccccc34)c2-c2c1ccc1ccccc21. The number of benzene rings is 9. The van der Waals surface area contributed by atoms with Crippen LogP contribution in [0.1, 0.15) is 25.0 Å². The number of hydrogen-bond donors (Lipinski definition) is 0. The predicted octanol–water partition coefficient (Wildman–Crippen LogP) is 15.1. The summed E-state index contributed by atoms with van der Waals surface area (Å²) in [6.07, 6.45) is 0. The van der Waals surface area contributed by atoms with Crippen LogP contribution in [0.2, 0.25) is 0 Å². The van der Waals surface area contributed by atoms with Crippen LogP contribution in [0.25, 0.3) is 100.0 Å². The molecule has 10 aromatic rings. The molecule has 0 amide bonds. The van der Waals surface area contributed by atoms with Crippen molar-refractivity contribution >= 4 is 21.5 Å². The summed E-state index contributed by atoms with van der Waals surface area (Å²) in [5.41, 5.74) is 17.3. The van der Waals surface area contributed by atoms with Crippen molar-refractivity contribution in [1.82, 2.24) is 9.97 Å². The smallest absolute Gasteiger partial charge is 0.160 e. The Kier molecular flexibility index (Phi) is 8.20. The third-order valence-electron chi connectivity index (χ3n) is 12.3. The average Bonchev–Trinajstić information content (AvgIpc) is 3.55. The zero-order valence-electron chi connectivity index (χ0n) is 33.0. The number of aromatic nitrogens is 2. The third-order valence-corrected chi connectivity index (χ3v) is 12.3. The van der Waals surface area contributed by atoms with Gasteiger partial charge in [0, 0.05) is 22.1 Å². The predicted molar refractivity (Wildman–Crippen MR) is 247 cm³/mol. The van der Waals surface area contributed by atoms with Gasteiger partial charge in [0.2, 0.25) is 0 Å². The first-order chi connectivity index (χ1) is 29.0. The van der Waals surface area contributed by atoms with Crippen LogP contribution in [-0.4, -0.2) is 9.97 Å². The molecule has 0 fully saturated rings. The van der Waals surface area contributed by atoms with E-state index in [9.17, 15) is 0 Å². The van der Waals surface area contributed by atoms with E-state index in [0.29, 0.717) is 5.82 Å². The van der Waals surface area contributed by atoms with Crippen molar-refractivity contribution in [3.05, 3.63) is 217 Å². The zero-order chi connectivity index (χ0) is 39.5. The highest BCUT2D eigenvalue weighted by molar-refractivity contribution is 6.11. The second-order valence-electron chi connectivity index (χ2n) is 16.1. The lowest BCUT2D eigenvalue weighted by Gasteiger charge is -2.22. The molecular formula is C57H40N2.